The van der Waals surface area contributed by atoms with Crippen LogP contribution in [0.4, 0.5) is 11.6 Å². The van der Waals surface area contributed by atoms with Gasteiger partial charge in [0.05, 0.1) is 5.69 Å². The molecule has 122 valence electrons. The van der Waals surface area contributed by atoms with Crippen LogP contribution in [0.5, 0.6) is 0 Å². The molecular weight excluding hydrogens is 304 g/mol. The Balaban J connectivity index is 1.61. The van der Waals surface area contributed by atoms with Gasteiger partial charge in [-0.05, 0) is 19.1 Å². The summed E-state index contributed by atoms with van der Waals surface area (Å²) in [6.45, 7) is 1.86. The summed E-state index contributed by atoms with van der Waals surface area (Å²) < 4.78 is 0. The number of rotatable bonds is 6. The normalized spacial score (nSPS) is 11.8. The van der Waals surface area contributed by atoms with E-state index < -0.39 is 6.35 Å². The number of hydrogen-bond donors (Lipinski definition) is 4. The van der Waals surface area contributed by atoms with E-state index >= 15 is 0 Å². The Morgan fingerprint density at radius 2 is 1.58 bits per heavy atom. The minimum atomic E-state index is -1.01. The molecule has 0 aliphatic carbocycles. The summed E-state index contributed by atoms with van der Waals surface area (Å²) in [4.78, 5) is 4.34. The number of anilines is 2. The third-order valence-corrected chi connectivity index (χ3v) is 3.31. The molecule has 0 spiro atoms. The lowest BCUT2D eigenvalue weighted by Gasteiger charge is -2.16. The molecule has 1 heterocycles. The Morgan fingerprint density at radius 1 is 0.917 bits per heavy atom. The molecule has 1 unspecified atom stereocenters. The molecule has 2 aromatic carbocycles. The van der Waals surface area contributed by atoms with E-state index in [2.05, 4.69) is 31.3 Å². The van der Waals surface area contributed by atoms with Gasteiger partial charge in [0.25, 0.3) is 5.95 Å². The van der Waals surface area contributed by atoms with Crippen LogP contribution in [0.15, 0.2) is 60.7 Å². The van der Waals surface area contributed by atoms with Crippen LogP contribution in [0.25, 0.3) is 11.3 Å². The molecule has 24 heavy (non-hydrogen) atoms. The summed E-state index contributed by atoms with van der Waals surface area (Å²) in [6.07, 6.45) is -1.01. The second-order valence-corrected chi connectivity index (χ2v) is 5.12. The number of nitrogens with zero attached hydrogens (tertiary/aromatic N) is 3. The zero-order chi connectivity index (χ0) is 16.8. The van der Waals surface area contributed by atoms with Crippen LogP contribution in [0.1, 0.15) is 5.69 Å². The first-order valence-corrected chi connectivity index (χ1v) is 7.50. The number of aryl methyl sites for hydroxylation is 1. The highest BCUT2D eigenvalue weighted by Gasteiger charge is 2.08. The van der Waals surface area contributed by atoms with Crippen molar-refractivity contribution >= 4 is 11.6 Å². The van der Waals surface area contributed by atoms with Crippen molar-refractivity contribution in [3.05, 3.63) is 66.4 Å². The number of benzene rings is 2. The number of nitrogens with one attached hydrogen (secondary N) is 3. The molecule has 7 nitrogen and oxygen atoms in total. The molecule has 7 heteroatoms. The first-order valence-electron chi connectivity index (χ1n) is 7.50. The number of hydrazine groups is 1. The second kappa shape index (κ2) is 7.49. The summed E-state index contributed by atoms with van der Waals surface area (Å²) in [5.74, 6) is 0.279. The van der Waals surface area contributed by atoms with E-state index in [-0.39, 0.29) is 5.95 Å². The van der Waals surface area contributed by atoms with Gasteiger partial charge in [0.1, 0.15) is 5.69 Å². The first-order chi connectivity index (χ1) is 11.7. The monoisotopic (exact) mass is 322 g/mol. The van der Waals surface area contributed by atoms with E-state index in [4.69, 9.17) is 0 Å². The highest BCUT2D eigenvalue weighted by atomic mass is 16.3. The number of aromatic nitrogens is 3. The van der Waals surface area contributed by atoms with Crippen molar-refractivity contribution in [3.63, 3.8) is 0 Å². The van der Waals surface area contributed by atoms with Crippen molar-refractivity contribution in [3.8, 4) is 11.3 Å². The maximum absolute atomic E-state index is 9.91. The summed E-state index contributed by atoms with van der Waals surface area (Å²) in [5.41, 5.74) is 8.61. The molecule has 4 N–H and O–H groups in total. The molecule has 0 saturated carbocycles. The predicted octanol–water partition coefficient (Wildman–Crippen LogP) is 2.15. The smallest absolute Gasteiger partial charge is 0.257 e. The van der Waals surface area contributed by atoms with Gasteiger partial charge in [0.15, 0.2) is 6.35 Å². The molecular formula is C17H18N6O. The van der Waals surface area contributed by atoms with Crippen molar-refractivity contribution in [2.24, 2.45) is 0 Å². The summed E-state index contributed by atoms with van der Waals surface area (Å²) in [6, 6.07) is 19.1. The number of aliphatic hydroxyl groups excluding tert-OH is 1. The highest BCUT2D eigenvalue weighted by Crippen LogP contribution is 2.18. The third-order valence-electron chi connectivity index (χ3n) is 3.31. The highest BCUT2D eigenvalue weighted by molar-refractivity contribution is 5.61. The fourth-order valence-electron chi connectivity index (χ4n) is 2.18. The van der Waals surface area contributed by atoms with E-state index in [0.29, 0.717) is 0 Å². The minimum Gasteiger partial charge on any atom is -0.360 e. The average Bonchev–Trinajstić information content (AvgIpc) is 2.62. The molecule has 0 fully saturated rings. The Bertz CT molecular complexity index is 782. The fourth-order valence-corrected chi connectivity index (χ4v) is 2.18. The average molecular weight is 322 g/mol. The molecule has 0 amide bonds. The zero-order valence-electron chi connectivity index (χ0n) is 13.1. The lowest BCUT2D eigenvalue weighted by atomic mass is 10.1. The molecule has 3 rings (SSSR count). The maximum atomic E-state index is 9.91. The minimum absolute atomic E-state index is 0.279. The zero-order valence-corrected chi connectivity index (χ0v) is 13.1. The lowest BCUT2D eigenvalue weighted by Crippen LogP contribution is -2.40. The number of para-hydroxylation sites is 1. The Labute approximate surface area is 139 Å². The van der Waals surface area contributed by atoms with Gasteiger partial charge >= 0.3 is 0 Å². The number of hydrogen-bond acceptors (Lipinski definition) is 7. The van der Waals surface area contributed by atoms with E-state index in [1.54, 1.807) is 0 Å². The van der Waals surface area contributed by atoms with Crippen LogP contribution >= 0.6 is 0 Å². The van der Waals surface area contributed by atoms with Gasteiger partial charge in [-0.3, -0.25) is 5.43 Å². The van der Waals surface area contributed by atoms with E-state index in [9.17, 15) is 5.11 Å². The fraction of sp³-hybridized carbons (Fsp3) is 0.118. The molecule has 0 aliphatic heterocycles. The van der Waals surface area contributed by atoms with Crippen LogP contribution in [-0.4, -0.2) is 26.6 Å². The van der Waals surface area contributed by atoms with Crippen molar-refractivity contribution in [1.82, 2.24) is 20.6 Å². The first kappa shape index (κ1) is 15.9. The van der Waals surface area contributed by atoms with E-state index in [1.165, 1.54) is 0 Å². The van der Waals surface area contributed by atoms with Gasteiger partial charge in [-0.25, -0.2) is 4.98 Å². The van der Waals surface area contributed by atoms with Crippen LogP contribution in [0.3, 0.4) is 0 Å². The van der Waals surface area contributed by atoms with Crippen LogP contribution in [-0.2, 0) is 0 Å². The van der Waals surface area contributed by atoms with Crippen molar-refractivity contribution < 1.29 is 5.11 Å². The lowest BCUT2D eigenvalue weighted by molar-refractivity contribution is 0.174. The standard InChI is InChI=1S/C17H18N6O/c1-12-15(13-8-4-2-5-9-13)20-21-16(18-12)22-23-17(24)19-14-10-6-3-7-11-14/h2-11,17,19,23-24H,1H3,(H,18,21,22). The topological polar surface area (TPSA) is 95.0 Å². The van der Waals surface area contributed by atoms with Crippen molar-refractivity contribution in [2.45, 2.75) is 13.3 Å². The third kappa shape index (κ3) is 4.03. The Morgan fingerprint density at radius 3 is 2.25 bits per heavy atom. The summed E-state index contributed by atoms with van der Waals surface area (Å²) >= 11 is 0. The van der Waals surface area contributed by atoms with Crippen LogP contribution in [0.2, 0.25) is 0 Å². The van der Waals surface area contributed by atoms with Gasteiger partial charge in [0, 0.05) is 11.3 Å². The van der Waals surface area contributed by atoms with Gasteiger partial charge in [-0.2, -0.15) is 5.43 Å². The molecule has 0 radical (unpaired) electrons. The Kier molecular flexibility index (Phi) is 4.95. The van der Waals surface area contributed by atoms with Crippen LogP contribution in [0, 0.1) is 6.92 Å². The molecule has 0 aliphatic rings. The van der Waals surface area contributed by atoms with Gasteiger partial charge in [-0.15, -0.1) is 10.2 Å². The van der Waals surface area contributed by atoms with Gasteiger partial charge in [-0.1, -0.05) is 48.5 Å². The molecule has 0 bridgehead atoms. The van der Waals surface area contributed by atoms with Crippen LogP contribution < -0.4 is 16.2 Å². The molecule has 3 aromatic rings. The van der Waals surface area contributed by atoms with Crippen molar-refractivity contribution in [1.29, 1.82) is 0 Å². The van der Waals surface area contributed by atoms with Gasteiger partial charge in [0.2, 0.25) is 0 Å². The predicted molar refractivity (Wildman–Crippen MR) is 92.8 cm³/mol. The second-order valence-electron chi connectivity index (χ2n) is 5.12. The van der Waals surface area contributed by atoms with Crippen molar-refractivity contribution in [2.75, 3.05) is 10.7 Å². The molecule has 1 atom stereocenters. The van der Waals surface area contributed by atoms with E-state index in [1.807, 2.05) is 67.6 Å². The summed E-state index contributed by atoms with van der Waals surface area (Å²) in [5, 5.41) is 21.0. The molecule has 0 saturated heterocycles. The largest absolute Gasteiger partial charge is 0.360 e. The quantitative estimate of drug-likeness (QED) is 0.408. The molecule has 1 aromatic heterocycles. The maximum Gasteiger partial charge on any atom is 0.257 e. The van der Waals surface area contributed by atoms with Gasteiger partial charge < -0.3 is 10.4 Å². The number of aliphatic hydroxyl groups is 1. The summed E-state index contributed by atoms with van der Waals surface area (Å²) in [7, 11) is 0. The SMILES string of the molecule is Cc1nc(NNC(O)Nc2ccccc2)nnc1-c1ccccc1. The van der Waals surface area contributed by atoms with E-state index in [0.717, 1.165) is 22.6 Å². The Hall–Kier alpha value is -3.03.